The van der Waals surface area contributed by atoms with Gasteiger partial charge >= 0.3 is 0 Å². The number of carbonyl (C=O) groups excluding carboxylic acids is 1. The molecule has 0 saturated carbocycles. The maximum Gasteiger partial charge on any atom is 0.264 e. The quantitative estimate of drug-likeness (QED) is 0.718. The molecule has 1 aliphatic rings. The maximum atomic E-state index is 13.7. The van der Waals surface area contributed by atoms with Gasteiger partial charge in [0.2, 0.25) is 0 Å². The molecule has 0 aromatic heterocycles. The van der Waals surface area contributed by atoms with Crippen LogP contribution in [-0.2, 0) is 9.05 Å². The molecular weight excluding hydrogens is 385 g/mol. The lowest BCUT2D eigenvalue weighted by molar-refractivity contribution is 0.0742. The van der Waals surface area contributed by atoms with E-state index in [9.17, 15) is 17.6 Å². The van der Waals surface area contributed by atoms with Crippen LogP contribution in [0.15, 0.2) is 21.5 Å². The van der Waals surface area contributed by atoms with Crippen molar-refractivity contribution in [3.05, 3.63) is 28.0 Å². The van der Waals surface area contributed by atoms with Crippen LogP contribution in [0.3, 0.4) is 0 Å². The Labute approximate surface area is 135 Å². The van der Waals surface area contributed by atoms with Crippen molar-refractivity contribution >= 4 is 41.6 Å². The van der Waals surface area contributed by atoms with Gasteiger partial charge in [0.15, 0.2) is 0 Å². The SMILES string of the molecule is CC1CC(C)N(C(=O)c2cc(S(=O)(=O)Cl)c(F)cc2Br)C1. The van der Waals surface area contributed by atoms with Crippen molar-refractivity contribution in [2.75, 3.05) is 6.54 Å². The smallest absolute Gasteiger partial charge is 0.264 e. The number of hydrogen-bond acceptors (Lipinski definition) is 3. The Hall–Kier alpha value is -0.660. The second-order valence-corrected chi connectivity index (χ2v) is 8.74. The summed E-state index contributed by atoms with van der Waals surface area (Å²) in [5, 5.41) is 0. The third-order valence-corrected chi connectivity index (χ3v) is 5.55. The minimum Gasteiger partial charge on any atom is -0.336 e. The predicted octanol–water partition coefficient (Wildman–Crippen LogP) is 3.39. The second kappa shape index (κ2) is 5.85. The molecule has 0 aliphatic carbocycles. The summed E-state index contributed by atoms with van der Waals surface area (Å²) in [6.07, 6.45) is 0.880. The van der Waals surface area contributed by atoms with Crippen LogP contribution in [0.2, 0.25) is 0 Å². The van der Waals surface area contributed by atoms with E-state index in [1.165, 1.54) is 0 Å². The Kier molecular flexibility index (Phi) is 4.66. The normalized spacial score (nSPS) is 22.6. The molecule has 2 unspecified atom stereocenters. The van der Waals surface area contributed by atoms with Gasteiger partial charge in [-0.2, -0.15) is 0 Å². The van der Waals surface area contributed by atoms with Crippen molar-refractivity contribution in [2.24, 2.45) is 5.92 Å². The molecule has 4 nitrogen and oxygen atoms in total. The van der Waals surface area contributed by atoms with Crippen LogP contribution in [0.25, 0.3) is 0 Å². The van der Waals surface area contributed by atoms with Crippen LogP contribution in [-0.4, -0.2) is 31.8 Å². The predicted molar refractivity (Wildman–Crippen MR) is 81.4 cm³/mol. The number of amides is 1. The summed E-state index contributed by atoms with van der Waals surface area (Å²) in [5.74, 6) is -0.948. The van der Waals surface area contributed by atoms with Crippen molar-refractivity contribution in [3.8, 4) is 0 Å². The topological polar surface area (TPSA) is 54.5 Å². The standard InChI is InChI=1S/C13H14BrClFNO3S/c1-7-3-8(2)17(6-7)13(18)9-4-12(21(15,19)20)11(16)5-10(9)14/h4-5,7-8H,3,6H2,1-2H3. The Morgan fingerprint density at radius 3 is 2.52 bits per heavy atom. The number of hydrogen-bond donors (Lipinski definition) is 0. The van der Waals surface area contributed by atoms with Crippen LogP contribution < -0.4 is 0 Å². The minimum atomic E-state index is -4.25. The first-order valence-electron chi connectivity index (χ1n) is 6.36. The van der Waals surface area contributed by atoms with E-state index < -0.39 is 19.8 Å². The number of nitrogens with zero attached hydrogens (tertiary/aromatic N) is 1. The van der Waals surface area contributed by atoms with E-state index in [0.717, 1.165) is 18.6 Å². The van der Waals surface area contributed by atoms with Crippen LogP contribution in [0, 0.1) is 11.7 Å². The number of rotatable bonds is 2. The first-order valence-corrected chi connectivity index (χ1v) is 9.46. The van der Waals surface area contributed by atoms with Gasteiger partial charge in [0.1, 0.15) is 10.7 Å². The molecule has 1 saturated heterocycles. The zero-order valence-electron chi connectivity index (χ0n) is 11.4. The second-order valence-electron chi connectivity index (χ2n) is 5.35. The van der Waals surface area contributed by atoms with E-state index in [1.54, 1.807) is 4.90 Å². The van der Waals surface area contributed by atoms with E-state index >= 15 is 0 Å². The Morgan fingerprint density at radius 2 is 2.05 bits per heavy atom. The highest BCUT2D eigenvalue weighted by atomic mass is 79.9. The van der Waals surface area contributed by atoms with Crippen LogP contribution in [0.5, 0.6) is 0 Å². The van der Waals surface area contributed by atoms with E-state index in [4.69, 9.17) is 10.7 Å². The largest absolute Gasteiger partial charge is 0.336 e. The fraction of sp³-hybridized carbons (Fsp3) is 0.462. The molecule has 0 spiro atoms. The molecule has 2 rings (SSSR count). The first kappa shape index (κ1) is 16.7. The highest BCUT2D eigenvalue weighted by Crippen LogP contribution is 2.30. The molecule has 0 radical (unpaired) electrons. The minimum absolute atomic E-state index is 0.0560. The summed E-state index contributed by atoms with van der Waals surface area (Å²) >= 11 is 3.11. The van der Waals surface area contributed by atoms with Gasteiger partial charge in [-0.1, -0.05) is 6.92 Å². The number of carbonyl (C=O) groups is 1. The molecule has 8 heteroatoms. The highest BCUT2D eigenvalue weighted by Gasteiger charge is 2.32. The van der Waals surface area contributed by atoms with Crippen molar-refractivity contribution < 1.29 is 17.6 Å². The molecule has 1 aromatic rings. The highest BCUT2D eigenvalue weighted by molar-refractivity contribution is 9.10. The Morgan fingerprint density at radius 1 is 1.43 bits per heavy atom. The van der Waals surface area contributed by atoms with E-state index in [0.29, 0.717) is 12.5 Å². The molecule has 1 heterocycles. The molecule has 1 aromatic carbocycles. The van der Waals surface area contributed by atoms with Crippen molar-refractivity contribution in [3.63, 3.8) is 0 Å². The summed E-state index contributed by atoms with van der Waals surface area (Å²) < 4.78 is 36.6. The molecule has 0 bridgehead atoms. The van der Waals surface area contributed by atoms with Crippen LogP contribution in [0.4, 0.5) is 4.39 Å². The number of halogens is 3. The van der Waals surface area contributed by atoms with Crippen LogP contribution >= 0.6 is 26.6 Å². The molecular formula is C13H14BrClFNO3S. The zero-order valence-corrected chi connectivity index (χ0v) is 14.6. The van der Waals surface area contributed by atoms with E-state index in [-0.39, 0.29) is 22.0 Å². The molecule has 21 heavy (non-hydrogen) atoms. The maximum absolute atomic E-state index is 13.7. The van der Waals surface area contributed by atoms with Gasteiger partial charge in [-0.25, -0.2) is 12.8 Å². The molecule has 116 valence electrons. The van der Waals surface area contributed by atoms with E-state index in [2.05, 4.69) is 15.9 Å². The molecule has 1 amide bonds. The number of benzene rings is 1. The zero-order chi connectivity index (χ0) is 15.9. The summed E-state index contributed by atoms with van der Waals surface area (Å²) in [6, 6.07) is 1.99. The fourth-order valence-corrected chi connectivity index (χ4v) is 4.01. The molecule has 1 aliphatic heterocycles. The summed E-state index contributed by atoms with van der Waals surface area (Å²) in [6.45, 7) is 4.56. The average Bonchev–Trinajstić information content (AvgIpc) is 2.66. The van der Waals surface area contributed by atoms with Crippen molar-refractivity contribution in [1.29, 1.82) is 0 Å². The Balaban J connectivity index is 2.47. The number of likely N-dealkylation sites (tertiary alicyclic amines) is 1. The third kappa shape index (κ3) is 3.40. The van der Waals surface area contributed by atoms with Gasteiger partial charge in [0, 0.05) is 27.7 Å². The van der Waals surface area contributed by atoms with Gasteiger partial charge < -0.3 is 4.90 Å². The summed E-state index contributed by atoms with van der Waals surface area (Å²) in [7, 11) is 0.948. The molecule has 0 N–H and O–H groups in total. The summed E-state index contributed by atoms with van der Waals surface area (Å²) in [4.78, 5) is 13.5. The van der Waals surface area contributed by atoms with Crippen molar-refractivity contribution in [2.45, 2.75) is 31.2 Å². The Bertz CT molecular complexity index is 695. The lowest BCUT2D eigenvalue weighted by atomic mass is 10.1. The fourth-order valence-electron chi connectivity index (χ4n) is 2.62. The lowest BCUT2D eigenvalue weighted by Gasteiger charge is -2.22. The lowest BCUT2D eigenvalue weighted by Crippen LogP contribution is -2.34. The van der Waals surface area contributed by atoms with Gasteiger partial charge in [-0.3, -0.25) is 4.79 Å². The van der Waals surface area contributed by atoms with Crippen molar-refractivity contribution in [1.82, 2.24) is 4.90 Å². The monoisotopic (exact) mass is 397 g/mol. The van der Waals surface area contributed by atoms with E-state index in [1.807, 2.05) is 13.8 Å². The average molecular weight is 399 g/mol. The van der Waals surface area contributed by atoms with Gasteiger partial charge in [-0.05, 0) is 47.3 Å². The third-order valence-electron chi connectivity index (χ3n) is 3.56. The van der Waals surface area contributed by atoms with Gasteiger partial charge in [0.05, 0.1) is 5.56 Å². The van der Waals surface area contributed by atoms with Crippen LogP contribution in [0.1, 0.15) is 30.6 Å². The van der Waals surface area contributed by atoms with Gasteiger partial charge in [0.25, 0.3) is 15.0 Å². The van der Waals surface area contributed by atoms with Gasteiger partial charge in [-0.15, -0.1) is 0 Å². The molecule has 2 atom stereocenters. The summed E-state index contributed by atoms with van der Waals surface area (Å²) in [5.41, 5.74) is 0.0941. The first-order chi connectivity index (χ1) is 9.61. The molecule has 1 fully saturated rings.